The third kappa shape index (κ3) is 2.99. The van der Waals surface area contributed by atoms with Crippen LogP contribution in [0.25, 0.3) is 0 Å². The van der Waals surface area contributed by atoms with Gasteiger partial charge in [0, 0.05) is 6.20 Å². The maximum atomic E-state index is 11.8. The van der Waals surface area contributed by atoms with Gasteiger partial charge in [-0.05, 0) is 30.7 Å². The van der Waals surface area contributed by atoms with Crippen LogP contribution in [0.4, 0.5) is 16.2 Å². The molecular weight excluding hydrogens is 250 g/mol. The smallest absolute Gasteiger partial charge is 0.306 e. The van der Waals surface area contributed by atoms with Gasteiger partial charge in [-0.2, -0.15) is 0 Å². The van der Waals surface area contributed by atoms with E-state index < -0.39 is 0 Å². The minimum atomic E-state index is -0.348. The molecule has 1 aromatic heterocycles. The molecule has 4 nitrogen and oxygen atoms in total. The van der Waals surface area contributed by atoms with E-state index in [4.69, 9.17) is 11.6 Å². The second-order valence-corrected chi connectivity index (χ2v) is 4.16. The number of halogens is 1. The van der Waals surface area contributed by atoms with Crippen LogP contribution in [0.1, 0.15) is 5.56 Å². The van der Waals surface area contributed by atoms with Crippen LogP contribution < -0.4 is 10.6 Å². The van der Waals surface area contributed by atoms with Crippen LogP contribution in [0.3, 0.4) is 0 Å². The molecule has 0 aliphatic heterocycles. The highest BCUT2D eigenvalue weighted by Crippen LogP contribution is 2.25. The summed E-state index contributed by atoms with van der Waals surface area (Å²) in [4.78, 5) is 15.7. The number of nitrogens with one attached hydrogen (secondary N) is 2. The summed E-state index contributed by atoms with van der Waals surface area (Å²) in [5, 5.41) is 5.90. The number of urea groups is 1. The number of hydrogen-bond acceptors (Lipinski definition) is 2. The molecule has 0 atom stereocenters. The summed E-state index contributed by atoms with van der Waals surface area (Å²) < 4.78 is 0. The SMILES string of the molecule is Cc1cccc(Cl)c1NC(=O)Nc1cccnc1. The quantitative estimate of drug-likeness (QED) is 0.866. The third-order valence-corrected chi connectivity index (χ3v) is 2.69. The lowest BCUT2D eigenvalue weighted by Gasteiger charge is -2.11. The molecule has 18 heavy (non-hydrogen) atoms. The van der Waals surface area contributed by atoms with E-state index in [0.29, 0.717) is 16.4 Å². The number of para-hydroxylation sites is 1. The lowest BCUT2D eigenvalue weighted by Crippen LogP contribution is -2.20. The second kappa shape index (κ2) is 5.51. The van der Waals surface area contributed by atoms with Crippen molar-refractivity contribution in [2.75, 3.05) is 10.6 Å². The van der Waals surface area contributed by atoms with E-state index in [-0.39, 0.29) is 6.03 Å². The largest absolute Gasteiger partial charge is 0.323 e. The summed E-state index contributed by atoms with van der Waals surface area (Å²) in [5.41, 5.74) is 2.14. The minimum Gasteiger partial charge on any atom is -0.306 e. The molecule has 2 aromatic rings. The number of amides is 2. The van der Waals surface area contributed by atoms with E-state index >= 15 is 0 Å². The van der Waals surface area contributed by atoms with Crippen molar-refractivity contribution in [3.05, 3.63) is 53.3 Å². The molecule has 1 heterocycles. The maximum Gasteiger partial charge on any atom is 0.323 e. The normalized spacial score (nSPS) is 9.89. The van der Waals surface area contributed by atoms with Crippen molar-refractivity contribution in [1.82, 2.24) is 4.98 Å². The molecule has 2 N–H and O–H groups in total. The fourth-order valence-corrected chi connectivity index (χ4v) is 1.77. The molecule has 2 rings (SSSR count). The first-order valence-corrected chi connectivity index (χ1v) is 5.78. The highest BCUT2D eigenvalue weighted by atomic mass is 35.5. The van der Waals surface area contributed by atoms with Crippen molar-refractivity contribution in [1.29, 1.82) is 0 Å². The minimum absolute atomic E-state index is 0.348. The number of pyridine rings is 1. The van der Waals surface area contributed by atoms with E-state index in [2.05, 4.69) is 15.6 Å². The summed E-state index contributed by atoms with van der Waals surface area (Å²) in [6, 6.07) is 8.60. The van der Waals surface area contributed by atoms with Crippen LogP contribution >= 0.6 is 11.6 Å². The molecule has 92 valence electrons. The number of carbonyl (C=O) groups excluding carboxylic acids is 1. The summed E-state index contributed by atoms with van der Waals surface area (Å²) in [7, 11) is 0. The molecule has 1 aromatic carbocycles. The van der Waals surface area contributed by atoms with Crippen molar-refractivity contribution in [3.8, 4) is 0 Å². The average Bonchev–Trinajstić information content (AvgIpc) is 2.35. The predicted octanol–water partition coefficient (Wildman–Crippen LogP) is 3.69. The first kappa shape index (κ1) is 12.4. The van der Waals surface area contributed by atoms with E-state index in [9.17, 15) is 4.79 Å². The highest BCUT2D eigenvalue weighted by Gasteiger charge is 2.08. The molecule has 0 saturated carbocycles. The zero-order valence-corrected chi connectivity index (χ0v) is 10.5. The first-order valence-electron chi connectivity index (χ1n) is 5.40. The Bertz CT molecular complexity index is 537. The van der Waals surface area contributed by atoms with Gasteiger partial charge >= 0.3 is 6.03 Å². The number of carbonyl (C=O) groups is 1. The van der Waals surface area contributed by atoms with Crippen molar-refractivity contribution >= 4 is 29.0 Å². The third-order valence-electron chi connectivity index (χ3n) is 2.38. The van der Waals surface area contributed by atoms with Gasteiger partial charge in [0.25, 0.3) is 0 Å². The Hall–Kier alpha value is -2.07. The lowest BCUT2D eigenvalue weighted by atomic mass is 10.2. The summed E-state index contributed by atoms with van der Waals surface area (Å²) in [6.45, 7) is 1.88. The predicted molar refractivity (Wildman–Crippen MR) is 73.1 cm³/mol. The molecule has 2 amide bonds. The van der Waals surface area contributed by atoms with Gasteiger partial charge in [0.2, 0.25) is 0 Å². The Balaban J connectivity index is 2.08. The number of hydrogen-bond donors (Lipinski definition) is 2. The Morgan fingerprint density at radius 2 is 2.06 bits per heavy atom. The zero-order chi connectivity index (χ0) is 13.0. The van der Waals surface area contributed by atoms with E-state index in [1.807, 2.05) is 19.1 Å². The Morgan fingerprint density at radius 3 is 2.72 bits per heavy atom. The standard InChI is InChI=1S/C13H12ClN3O/c1-9-4-2-6-11(14)12(9)17-13(18)16-10-5-3-7-15-8-10/h2-8H,1H3,(H2,16,17,18). The fraction of sp³-hybridized carbons (Fsp3) is 0.0769. The van der Waals surface area contributed by atoms with Crippen molar-refractivity contribution in [3.63, 3.8) is 0 Å². The monoisotopic (exact) mass is 261 g/mol. The van der Waals surface area contributed by atoms with Crippen molar-refractivity contribution in [2.45, 2.75) is 6.92 Å². The average molecular weight is 262 g/mol. The molecule has 0 aliphatic carbocycles. The number of aryl methyl sites for hydroxylation is 1. The second-order valence-electron chi connectivity index (χ2n) is 3.75. The van der Waals surface area contributed by atoms with Crippen molar-refractivity contribution in [2.24, 2.45) is 0 Å². The molecule has 0 saturated heterocycles. The fourth-order valence-electron chi connectivity index (χ4n) is 1.50. The number of aromatic nitrogens is 1. The van der Waals surface area contributed by atoms with E-state index in [0.717, 1.165) is 5.56 Å². The van der Waals surface area contributed by atoms with Gasteiger partial charge in [-0.3, -0.25) is 4.98 Å². The zero-order valence-electron chi connectivity index (χ0n) is 9.77. The molecule has 0 aliphatic rings. The van der Waals surface area contributed by atoms with Crippen LogP contribution in [0.2, 0.25) is 5.02 Å². The van der Waals surface area contributed by atoms with Gasteiger partial charge in [0.05, 0.1) is 22.6 Å². The van der Waals surface area contributed by atoms with Crippen molar-refractivity contribution < 1.29 is 4.79 Å². The molecule has 0 radical (unpaired) electrons. The van der Waals surface area contributed by atoms with Gasteiger partial charge in [0.1, 0.15) is 0 Å². The Morgan fingerprint density at radius 1 is 1.22 bits per heavy atom. The Labute approximate surface area is 110 Å². The van der Waals surface area contributed by atoms with Gasteiger partial charge in [-0.15, -0.1) is 0 Å². The Kier molecular flexibility index (Phi) is 3.79. The first-order chi connectivity index (χ1) is 8.66. The van der Waals surface area contributed by atoms with Crippen LogP contribution in [-0.2, 0) is 0 Å². The maximum absolute atomic E-state index is 11.8. The molecule has 0 unspecified atom stereocenters. The van der Waals surface area contributed by atoms with Crippen LogP contribution in [0, 0.1) is 6.92 Å². The van der Waals surface area contributed by atoms with Gasteiger partial charge < -0.3 is 10.6 Å². The van der Waals surface area contributed by atoms with E-state index in [1.165, 1.54) is 0 Å². The number of anilines is 2. The molecule has 0 bridgehead atoms. The van der Waals surface area contributed by atoms with Gasteiger partial charge in [-0.1, -0.05) is 23.7 Å². The molecule has 0 spiro atoms. The molecule has 0 fully saturated rings. The highest BCUT2D eigenvalue weighted by molar-refractivity contribution is 6.34. The summed E-state index contributed by atoms with van der Waals surface area (Å²) >= 11 is 6.02. The number of rotatable bonds is 2. The molecule has 5 heteroatoms. The molecular formula is C13H12ClN3O. The summed E-state index contributed by atoms with van der Waals surface area (Å²) in [5.74, 6) is 0. The lowest BCUT2D eigenvalue weighted by molar-refractivity contribution is 0.262. The number of benzene rings is 1. The number of nitrogens with zero attached hydrogens (tertiary/aromatic N) is 1. The van der Waals surface area contributed by atoms with Gasteiger partial charge in [0.15, 0.2) is 0 Å². The van der Waals surface area contributed by atoms with Gasteiger partial charge in [-0.25, -0.2) is 4.79 Å². The van der Waals surface area contributed by atoms with Crippen LogP contribution in [-0.4, -0.2) is 11.0 Å². The summed E-state index contributed by atoms with van der Waals surface area (Å²) in [6.07, 6.45) is 3.21. The van der Waals surface area contributed by atoms with Crippen LogP contribution in [0.15, 0.2) is 42.7 Å². The van der Waals surface area contributed by atoms with Crippen LogP contribution in [0.5, 0.6) is 0 Å². The topological polar surface area (TPSA) is 54.0 Å². The van der Waals surface area contributed by atoms with E-state index in [1.54, 1.807) is 30.6 Å².